The summed E-state index contributed by atoms with van der Waals surface area (Å²) in [5.74, 6) is 1.47. The molecule has 1 saturated heterocycles. The molecule has 0 N–H and O–H groups in total. The van der Waals surface area contributed by atoms with Crippen LogP contribution < -0.4 is 4.74 Å². The lowest BCUT2D eigenvalue weighted by Gasteiger charge is -2.24. The van der Waals surface area contributed by atoms with Crippen molar-refractivity contribution in [1.29, 1.82) is 0 Å². The average molecular weight is 455 g/mol. The van der Waals surface area contributed by atoms with Crippen molar-refractivity contribution in [2.75, 3.05) is 20.2 Å². The lowest BCUT2D eigenvalue weighted by molar-refractivity contribution is 0.0291. The zero-order valence-corrected chi connectivity index (χ0v) is 20.0. The second-order valence-corrected chi connectivity index (χ2v) is 10.1. The molecule has 1 saturated carbocycles. The Kier molecular flexibility index (Phi) is 6.47. The van der Waals surface area contributed by atoms with Crippen LogP contribution in [-0.2, 0) is 4.74 Å². The SMILES string of the molecule is COc1nc(C(=C[C@H]2CCN(C(=O)OC(C)(C)C)C2)c2ccc(Cl)cc2)ccc1C1CC1. The molecule has 0 unspecified atom stereocenters. The molecule has 6 heteroatoms. The monoisotopic (exact) mass is 454 g/mol. The van der Waals surface area contributed by atoms with E-state index in [-0.39, 0.29) is 12.0 Å². The van der Waals surface area contributed by atoms with E-state index in [1.165, 1.54) is 18.4 Å². The van der Waals surface area contributed by atoms with Crippen molar-refractivity contribution in [2.24, 2.45) is 5.92 Å². The smallest absolute Gasteiger partial charge is 0.410 e. The highest BCUT2D eigenvalue weighted by molar-refractivity contribution is 6.30. The van der Waals surface area contributed by atoms with Crippen molar-refractivity contribution in [3.63, 3.8) is 0 Å². The number of hydrogen-bond acceptors (Lipinski definition) is 4. The maximum absolute atomic E-state index is 12.5. The number of hydrogen-bond donors (Lipinski definition) is 0. The first kappa shape index (κ1) is 22.7. The standard InChI is InChI=1S/C26H31ClN2O3/c1-26(2,3)32-25(30)29-14-13-17(16-29)15-22(19-7-9-20(27)10-8-19)23-12-11-21(18-5-6-18)24(28-23)31-4/h7-12,15,17-18H,5-6,13-14,16H2,1-4H3/t17-/m1/s1. The van der Waals surface area contributed by atoms with Crippen molar-refractivity contribution < 1.29 is 14.3 Å². The molecule has 170 valence electrons. The van der Waals surface area contributed by atoms with Gasteiger partial charge in [0.2, 0.25) is 5.88 Å². The Morgan fingerprint density at radius 2 is 1.84 bits per heavy atom. The number of pyridine rings is 1. The van der Waals surface area contributed by atoms with E-state index in [0.717, 1.165) is 23.3 Å². The summed E-state index contributed by atoms with van der Waals surface area (Å²) in [5.41, 5.74) is 3.62. The minimum absolute atomic E-state index is 0.212. The Morgan fingerprint density at radius 3 is 2.47 bits per heavy atom. The Labute approximate surface area is 195 Å². The third-order valence-electron chi connectivity index (χ3n) is 5.81. The van der Waals surface area contributed by atoms with Crippen molar-refractivity contribution >= 4 is 23.3 Å². The first-order valence-electron chi connectivity index (χ1n) is 11.2. The molecule has 32 heavy (non-hydrogen) atoms. The van der Waals surface area contributed by atoms with E-state index in [2.05, 4.69) is 18.2 Å². The molecule has 1 aliphatic carbocycles. The van der Waals surface area contributed by atoms with Crippen molar-refractivity contribution in [3.05, 3.63) is 64.3 Å². The maximum Gasteiger partial charge on any atom is 0.410 e. The van der Waals surface area contributed by atoms with Crippen LogP contribution in [0.15, 0.2) is 42.5 Å². The highest BCUT2D eigenvalue weighted by atomic mass is 35.5. The maximum atomic E-state index is 12.5. The molecule has 0 spiro atoms. The molecule has 1 aliphatic heterocycles. The molecule has 0 bridgehead atoms. The van der Waals surface area contributed by atoms with Crippen LogP contribution in [0.2, 0.25) is 5.02 Å². The van der Waals surface area contributed by atoms with Gasteiger partial charge < -0.3 is 14.4 Å². The topological polar surface area (TPSA) is 51.7 Å². The van der Waals surface area contributed by atoms with Crippen LogP contribution in [0, 0.1) is 5.92 Å². The second kappa shape index (κ2) is 9.14. The number of carbonyl (C=O) groups excluding carboxylic acids is 1. The zero-order valence-electron chi connectivity index (χ0n) is 19.2. The van der Waals surface area contributed by atoms with Gasteiger partial charge in [-0.1, -0.05) is 35.9 Å². The van der Waals surface area contributed by atoms with Gasteiger partial charge >= 0.3 is 6.09 Å². The van der Waals surface area contributed by atoms with E-state index in [4.69, 9.17) is 26.1 Å². The molecule has 0 radical (unpaired) electrons. The predicted molar refractivity (Wildman–Crippen MR) is 127 cm³/mol. The Hall–Kier alpha value is -2.53. The number of ether oxygens (including phenoxy) is 2. The van der Waals surface area contributed by atoms with E-state index < -0.39 is 5.60 Å². The molecule has 2 heterocycles. The van der Waals surface area contributed by atoms with Gasteiger partial charge in [0.15, 0.2) is 0 Å². The number of carbonyl (C=O) groups is 1. The minimum atomic E-state index is -0.497. The van der Waals surface area contributed by atoms with Gasteiger partial charge in [-0.2, -0.15) is 0 Å². The minimum Gasteiger partial charge on any atom is -0.481 e. The highest BCUT2D eigenvalue weighted by Crippen LogP contribution is 2.44. The van der Waals surface area contributed by atoms with Gasteiger partial charge in [-0.05, 0) is 75.6 Å². The van der Waals surface area contributed by atoms with E-state index in [9.17, 15) is 4.79 Å². The number of rotatable bonds is 5. The quantitative estimate of drug-likeness (QED) is 0.531. The lowest BCUT2D eigenvalue weighted by atomic mass is 9.96. The van der Waals surface area contributed by atoms with Crippen LogP contribution in [0.4, 0.5) is 4.79 Å². The molecule has 5 nitrogen and oxygen atoms in total. The predicted octanol–water partition coefficient (Wildman–Crippen LogP) is 6.31. The molecule has 2 fully saturated rings. The molecule has 1 atom stereocenters. The van der Waals surface area contributed by atoms with Crippen LogP contribution in [0.5, 0.6) is 5.88 Å². The van der Waals surface area contributed by atoms with Gasteiger partial charge in [0, 0.05) is 29.2 Å². The number of halogens is 1. The summed E-state index contributed by atoms with van der Waals surface area (Å²) >= 11 is 6.14. The summed E-state index contributed by atoms with van der Waals surface area (Å²) in [4.78, 5) is 19.2. The lowest BCUT2D eigenvalue weighted by Crippen LogP contribution is -2.35. The van der Waals surface area contributed by atoms with Gasteiger partial charge in [0.05, 0.1) is 12.8 Å². The van der Waals surface area contributed by atoms with Crippen molar-refractivity contribution in [2.45, 2.75) is 51.6 Å². The molecule has 1 aromatic carbocycles. The van der Waals surface area contributed by atoms with Crippen LogP contribution in [0.3, 0.4) is 0 Å². The zero-order chi connectivity index (χ0) is 22.9. The van der Waals surface area contributed by atoms with Gasteiger partial charge in [-0.25, -0.2) is 9.78 Å². The van der Waals surface area contributed by atoms with E-state index in [1.54, 1.807) is 12.0 Å². The average Bonchev–Trinajstić information content (AvgIpc) is 3.48. The first-order valence-corrected chi connectivity index (χ1v) is 11.6. The van der Waals surface area contributed by atoms with Crippen LogP contribution in [0.1, 0.15) is 62.8 Å². The summed E-state index contributed by atoms with van der Waals surface area (Å²) in [5, 5.41) is 0.694. The third kappa shape index (κ3) is 5.44. The molecular formula is C26H31ClN2O3. The number of benzene rings is 1. The van der Waals surface area contributed by atoms with E-state index >= 15 is 0 Å². The van der Waals surface area contributed by atoms with Gasteiger partial charge in [0.25, 0.3) is 0 Å². The summed E-state index contributed by atoms with van der Waals surface area (Å²) in [6.07, 6.45) is 5.24. The fourth-order valence-corrected chi connectivity index (χ4v) is 4.21. The van der Waals surface area contributed by atoms with Gasteiger partial charge in [-0.3, -0.25) is 0 Å². The van der Waals surface area contributed by atoms with Crippen molar-refractivity contribution in [1.82, 2.24) is 9.88 Å². The molecule has 1 aromatic heterocycles. The van der Waals surface area contributed by atoms with Gasteiger partial charge in [0.1, 0.15) is 5.60 Å². The summed E-state index contributed by atoms with van der Waals surface area (Å²) in [7, 11) is 1.68. The van der Waals surface area contributed by atoms with Crippen LogP contribution >= 0.6 is 11.6 Å². The summed E-state index contributed by atoms with van der Waals surface area (Å²) in [6.45, 7) is 6.98. The fraction of sp³-hybridized carbons (Fsp3) is 0.462. The third-order valence-corrected chi connectivity index (χ3v) is 6.06. The van der Waals surface area contributed by atoms with E-state index in [0.29, 0.717) is 29.9 Å². The summed E-state index contributed by atoms with van der Waals surface area (Å²) in [6, 6.07) is 12.0. The number of amides is 1. The number of nitrogens with zero attached hydrogens (tertiary/aromatic N) is 2. The number of likely N-dealkylation sites (tertiary alicyclic amines) is 1. The second-order valence-electron chi connectivity index (χ2n) is 9.63. The Bertz CT molecular complexity index is 1010. The van der Waals surface area contributed by atoms with E-state index in [1.807, 2.05) is 45.0 Å². The Balaban J connectivity index is 1.63. The highest BCUT2D eigenvalue weighted by Gasteiger charge is 2.30. The molecule has 2 aromatic rings. The van der Waals surface area contributed by atoms with Crippen LogP contribution in [-0.4, -0.2) is 41.8 Å². The van der Waals surface area contributed by atoms with Crippen LogP contribution in [0.25, 0.3) is 5.57 Å². The molecule has 1 amide bonds. The normalized spacial score (nSPS) is 19.2. The molecular weight excluding hydrogens is 424 g/mol. The van der Waals surface area contributed by atoms with Crippen molar-refractivity contribution in [3.8, 4) is 5.88 Å². The number of methoxy groups -OCH3 is 1. The van der Waals surface area contributed by atoms with Gasteiger partial charge in [-0.15, -0.1) is 0 Å². The Morgan fingerprint density at radius 1 is 1.12 bits per heavy atom. The first-order chi connectivity index (χ1) is 15.2. The largest absolute Gasteiger partial charge is 0.481 e. The summed E-state index contributed by atoms with van der Waals surface area (Å²) < 4.78 is 11.2. The molecule has 2 aliphatic rings. The number of aromatic nitrogens is 1. The molecule has 4 rings (SSSR count). The fourth-order valence-electron chi connectivity index (χ4n) is 4.08.